The molecule has 5 heteroatoms. The van der Waals surface area contributed by atoms with Crippen molar-refractivity contribution in [1.29, 1.82) is 5.26 Å². The lowest BCUT2D eigenvalue weighted by Gasteiger charge is -2.18. The van der Waals surface area contributed by atoms with E-state index in [0.29, 0.717) is 5.56 Å². The van der Waals surface area contributed by atoms with Crippen LogP contribution in [0.3, 0.4) is 0 Å². The molecule has 0 aliphatic heterocycles. The molecule has 0 saturated heterocycles. The summed E-state index contributed by atoms with van der Waals surface area (Å²) < 4.78 is 4.77. The van der Waals surface area contributed by atoms with Crippen molar-refractivity contribution in [2.45, 2.75) is 39.3 Å². The molecule has 234 valence electrons. The van der Waals surface area contributed by atoms with Crippen LogP contribution in [0.5, 0.6) is 0 Å². The largest absolute Gasteiger partial charge is 0.309 e. The Morgan fingerprint density at radius 2 is 0.938 bits per heavy atom. The highest BCUT2D eigenvalue weighted by Crippen LogP contribution is 2.36. The number of hydrogen-bond acceptors (Lipinski definition) is 1. The van der Waals surface area contributed by atoms with E-state index in [4.69, 9.17) is 0 Å². The molecule has 6 aromatic carbocycles. The number of para-hydroxylation sites is 2. The fourth-order valence-corrected chi connectivity index (χ4v) is 9.53. The summed E-state index contributed by atoms with van der Waals surface area (Å²) in [6.07, 6.45) is 0. The summed E-state index contributed by atoms with van der Waals surface area (Å²) in [5.41, 5.74) is 9.67. The van der Waals surface area contributed by atoms with E-state index in [2.05, 4.69) is 170 Å². The second-order valence-electron chi connectivity index (χ2n) is 15.1. The molecule has 0 radical (unpaired) electrons. The maximum atomic E-state index is 10.3. The molecule has 0 spiro atoms. The fraction of sp³-hybridized carbons (Fsp3) is 0.140. The Morgan fingerprint density at radius 1 is 0.438 bits per heavy atom. The van der Waals surface area contributed by atoms with Crippen molar-refractivity contribution in [2.75, 3.05) is 0 Å². The zero-order valence-electron chi connectivity index (χ0n) is 28.5. The Morgan fingerprint density at radius 3 is 1.48 bits per heavy atom. The highest BCUT2D eigenvalue weighted by molar-refractivity contribution is 6.89. The van der Waals surface area contributed by atoms with Gasteiger partial charge in [-0.15, -0.1) is 0 Å². The van der Waals surface area contributed by atoms with Gasteiger partial charge in [0.2, 0.25) is 0 Å². The van der Waals surface area contributed by atoms with Crippen molar-refractivity contribution < 1.29 is 0 Å². The lowest BCUT2D eigenvalue weighted by atomic mass is 10.0. The van der Waals surface area contributed by atoms with Gasteiger partial charge in [-0.2, -0.15) is 5.26 Å². The third-order valence-electron chi connectivity index (χ3n) is 9.82. The molecule has 0 bridgehead atoms. The van der Waals surface area contributed by atoms with Gasteiger partial charge in [0.15, 0.2) is 0 Å². The van der Waals surface area contributed by atoms with Crippen LogP contribution in [0, 0.1) is 11.3 Å². The van der Waals surface area contributed by atoms with Crippen LogP contribution in [0.2, 0.25) is 39.3 Å². The van der Waals surface area contributed by atoms with Crippen LogP contribution in [-0.2, 0) is 0 Å². The highest BCUT2D eigenvalue weighted by atomic mass is 28.3. The van der Waals surface area contributed by atoms with Crippen LogP contribution in [0.15, 0.2) is 127 Å². The second kappa shape index (κ2) is 10.9. The van der Waals surface area contributed by atoms with Crippen molar-refractivity contribution in [3.63, 3.8) is 0 Å². The van der Waals surface area contributed by atoms with Gasteiger partial charge in [-0.25, -0.2) is 0 Å². The number of rotatable bonds is 5. The first-order chi connectivity index (χ1) is 23.0. The first-order valence-corrected chi connectivity index (χ1v) is 23.7. The van der Waals surface area contributed by atoms with Gasteiger partial charge in [-0.05, 0) is 65.7 Å². The molecule has 8 aromatic rings. The number of nitrogens with zero attached hydrogens (tertiary/aromatic N) is 3. The molecule has 0 unspecified atom stereocenters. The Balaban J connectivity index is 1.35. The summed E-state index contributed by atoms with van der Waals surface area (Å²) in [5, 5.41) is 18.2. The maximum absolute atomic E-state index is 10.3. The molecule has 0 atom stereocenters. The Labute approximate surface area is 284 Å². The molecule has 8 rings (SSSR count). The van der Waals surface area contributed by atoms with E-state index in [9.17, 15) is 5.26 Å². The van der Waals surface area contributed by atoms with Crippen molar-refractivity contribution in [2.24, 2.45) is 0 Å². The normalized spacial score (nSPS) is 12.4. The zero-order valence-corrected chi connectivity index (χ0v) is 30.5. The van der Waals surface area contributed by atoms with Gasteiger partial charge < -0.3 is 9.13 Å². The predicted molar refractivity (Wildman–Crippen MR) is 211 cm³/mol. The molecule has 0 N–H and O–H groups in total. The summed E-state index contributed by atoms with van der Waals surface area (Å²) in [7, 11) is -3.08. The lowest BCUT2D eigenvalue weighted by Crippen LogP contribution is -2.37. The maximum Gasteiger partial charge on any atom is 0.0992 e. The molecule has 0 aliphatic carbocycles. The summed E-state index contributed by atoms with van der Waals surface area (Å²) in [6, 6.07) is 49.0. The number of fused-ring (bicyclic) bond motifs is 6. The van der Waals surface area contributed by atoms with Crippen LogP contribution < -0.4 is 10.4 Å². The van der Waals surface area contributed by atoms with Gasteiger partial charge in [-0.3, -0.25) is 0 Å². The van der Waals surface area contributed by atoms with Crippen LogP contribution >= 0.6 is 0 Å². The van der Waals surface area contributed by atoms with Gasteiger partial charge in [0.05, 0.1) is 49.8 Å². The minimum atomic E-state index is -1.56. The highest BCUT2D eigenvalue weighted by Gasteiger charge is 2.22. The minimum absolute atomic E-state index is 0.650. The van der Waals surface area contributed by atoms with Crippen LogP contribution in [-0.4, -0.2) is 25.3 Å². The van der Waals surface area contributed by atoms with E-state index in [-0.39, 0.29) is 0 Å². The Hall–Kier alpha value is -5.16. The van der Waals surface area contributed by atoms with E-state index >= 15 is 0 Å². The summed E-state index contributed by atoms with van der Waals surface area (Å²) in [6.45, 7) is 14.4. The standard InChI is InChI=1S/C43H39N3Si2/c1-47(2,3)34-18-20-38-36-14-7-9-16-40(36)45(42(38)26-34)32-13-11-12-30(24-32)31-22-29(28-44)23-33(25-31)46-41-17-10-8-15-37(41)39-21-19-35(27-43(39)46)48(4,5)6/h7-27H,1-6H3. The van der Waals surface area contributed by atoms with Gasteiger partial charge in [-0.1, -0.05) is 122 Å². The molecule has 48 heavy (non-hydrogen) atoms. The number of aromatic nitrogens is 2. The molecule has 0 amide bonds. The number of benzene rings is 6. The van der Waals surface area contributed by atoms with Gasteiger partial charge in [0, 0.05) is 32.9 Å². The lowest BCUT2D eigenvalue weighted by molar-refractivity contribution is 1.17. The van der Waals surface area contributed by atoms with E-state index in [1.807, 2.05) is 12.1 Å². The molecular weight excluding hydrogens is 615 g/mol. The molecule has 0 fully saturated rings. The fourth-order valence-electron chi connectivity index (χ4n) is 7.23. The monoisotopic (exact) mass is 653 g/mol. The molecule has 0 aliphatic rings. The summed E-state index contributed by atoms with van der Waals surface area (Å²) >= 11 is 0. The predicted octanol–water partition coefficient (Wildman–Crippen LogP) is 10.5. The molecule has 2 aromatic heterocycles. The number of nitriles is 1. The van der Waals surface area contributed by atoms with Gasteiger partial charge >= 0.3 is 0 Å². The first-order valence-electron chi connectivity index (χ1n) is 16.7. The third kappa shape index (κ3) is 4.92. The van der Waals surface area contributed by atoms with Crippen LogP contribution in [0.4, 0.5) is 0 Å². The van der Waals surface area contributed by atoms with Gasteiger partial charge in [0.1, 0.15) is 0 Å². The zero-order chi connectivity index (χ0) is 33.4. The third-order valence-corrected chi connectivity index (χ3v) is 13.9. The second-order valence-corrected chi connectivity index (χ2v) is 25.3. The van der Waals surface area contributed by atoms with E-state index in [1.54, 1.807) is 0 Å². The van der Waals surface area contributed by atoms with Crippen molar-refractivity contribution >= 4 is 70.1 Å². The minimum Gasteiger partial charge on any atom is -0.309 e. The van der Waals surface area contributed by atoms with E-state index in [0.717, 1.165) is 28.0 Å². The van der Waals surface area contributed by atoms with Crippen molar-refractivity contribution in [1.82, 2.24) is 9.13 Å². The van der Waals surface area contributed by atoms with Crippen molar-refractivity contribution in [3.05, 3.63) is 133 Å². The number of hydrogen-bond donors (Lipinski definition) is 0. The quantitative estimate of drug-likeness (QED) is 0.170. The first kappa shape index (κ1) is 30.2. The smallest absolute Gasteiger partial charge is 0.0992 e. The Kier molecular flexibility index (Phi) is 6.89. The molecule has 0 saturated carbocycles. The van der Waals surface area contributed by atoms with Crippen LogP contribution in [0.25, 0.3) is 66.1 Å². The van der Waals surface area contributed by atoms with Crippen LogP contribution in [0.1, 0.15) is 5.56 Å². The average molecular weight is 654 g/mol. The Bertz CT molecular complexity index is 2600. The average Bonchev–Trinajstić information content (AvgIpc) is 3.59. The SMILES string of the molecule is C[Si](C)(C)c1ccc2c3ccccc3n(-c3cccc(-c4cc(C#N)cc(-n5c6ccccc6c6ccc([Si](C)(C)C)cc65)c4)c3)c2c1. The summed E-state index contributed by atoms with van der Waals surface area (Å²) in [5.74, 6) is 0. The van der Waals surface area contributed by atoms with Crippen molar-refractivity contribution in [3.8, 4) is 28.6 Å². The van der Waals surface area contributed by atoms with Gasteiger partial charge in [0.25, 0.3) is 0 Å². The molecule has 2 heterocycles. The van der Waals surface area contributed by atoms with E-state index < -0.39 is 16.1 Å². The topological polar surface area (TPSA) is 33.6 Å². The summed E-state index contributed by atoms with van der Waals surface area (Å²) in [4.78, 5) is 0. The van der Waals surface area contributed by atoms with E-state index in [1.165, 1.54) is 48.5 Å². The molecular formula is C43H39N3Si2. The molecule has 3 nitrogen and oxygen atoms in total.